The molecule has 0 bridgehead atoms. The summed E-state index contributed by atoms with van der Waals surface area (Å²) in [5.74, 6) is 0.868. The second kappa shape index (κ2) is 13.9. The monoisotopic (exact) mass is 488 g/mol. The Hall–Kier alpha value is -3.80. The van der Waals surface area contributed by atoms with E-state index < -0.39 is 6.04 Å². The maximum atomic E-state index is 13.6. The summed E-state index contributed by atoms with van der Waals surface area (Å²) in [6.45, 7) is 4.81. The highest BCUT2D eigenvalue weighted by Crippen LogP contribution is 2.19. The maximum Gasteiger partial charge on any atom is 0.261 e. The summed E-state index contributed by atoms with van der Waals surface area (Å²) in [5, 5.41) is 3.04. The molecule has 2 amide bonds. The van der Waals surface area contributed by atoms with Gasteiger partial charge in [-0.1, -0.05) is 67.9 Å². The Morgan fingerprint density at radius 2 is 1.58 bits per heavy atom. The van der Waals surface area contributed by atoms with E-state index in [0.29, 0.717) is 31.0 Å². The average molecular weight is 489 g/mol. The highest BCUT2D eigenvalue weighted by atomic mass is 16.5. The van der Waals surface area contributed by atoms with Gasteiger partial charge in [-0.3, -0.25) is 9.59 Å². The topological polar surface area (TPSA) is 67.9 Å². The minimum Gasteiger partial charge on any atom is -0.497 e. The molecule has 0 fully saturated rings. The average Bonchev–Trinajstić information content (AvgIpc) is 2.91. The van der Waals surface area contributed by atoms with Crippen molar-refractivity contribution in [2.24, 2.45) is 0 Å². The minimum atomic E-state index is -0.671. The lowest BCUT2D eigenvalue weighted by Gasteiger charge is -2.32. The highest BCUT2D eigenvalue weighted by molar-refractivity contribution is 5.88. The fourth-order valence-electron chi connectivity index (χ4n) is 3.93. The van der Waals surface area contributed by atoms with Gasteiger partial charge in [-0.05, 0) is 54.3 Å². The van der Waals surface area contributed by atoms with E-state index in [0.717, 1.165) is 29.5 Å². The number of benzene rings is 3. The number of unbranched alkanes of at least 4 members (excludes halogenated alkanes) is 1. The van der Waals surface area contributed by atoms with E-state index in [1.165, 1.54) is 0 Å². The number of aryl methyl sites for hydroxylation is 1. The number of nitrogens with zero attached hydrogens (tertiary/aromatic N) is 1. The van der Waals surface area contributed by atoms with Crippen molar-refractivity contribution in [3.63, 3.8) is 0 Å². The molecule has 0 aromatic heterocycles. The molecule has 3 aromatic carbocycles. The Labute approximate surface area is 214 Å². The summed E-state index contributed by atoms with van der Waals surface area (Å²) in [7, 11) is 1.60. The molecule has 1 N–H and O–H groups in total. The van der Waals surface area contributed by atoms with Gasteiger partial charge in [-0.15, -0.1) is 0 Å². The first-order valence-electron chi connectivity index (χ1n) is 12.4. The number of methoxy groups -OCH3 is 1. The molecule has 0 heterocycles. The number of nitrogens with one attached hydrogen (secondary N) is 1. The van der Waals surface area contributed by atoms with Crippen LogP contribution in [0.25, 0.3) is 0 Å². The summed E-state index contributed by atoms with van der Waals surface area (Å²) in [5.41, 5.74) is 3.05. The molecule has 0 aliphatic heterocycles. The third kappa shape index (κ3) is 7.87. The van der Waals surface area contributed by atoms with Crippen LogP contribution in [-0.4, -0.2) is 43.0 Å². The van der Waals surface area contributed by atoms with Crippen LogP contribution in [0.15, 0.2) is 78.9 Å². The summed E-state index contributed by atoms with van der Waals surface area (Å²) in [6.07, 6.45) is 2.28. The fraction of sp³-hybridized carbons (Fsp3) is 0.333. The summed E-state index contributed by atoms with van der Waals surface area (Å²) >= 11 is 0. The number of ether oxygens (including phenoxy) is 2. The van der Waals surface area contributed by atoms with Crippen molar-refractivity contribution in [3.8, 4) is 11.5 Å². The van der Waals surface area contributed by atoms with Crippen molar-refractivity contribution in [1.29, 1.82) is 0 Å². The van der Waals surface area contributed by atoms with E-state index in [9.17, 15) is 9.59 Å². The zero-order valence-corrected chi connectivity index (χ0v) is 21.4. The molecule has 0 aliphatic rings. The number of hydrogen-bond acceptors (Lipinski definition) is 4. The molecule has 0 saturated carbocycles. The van der Waals surface area contributed by atoms with Gasteiger partial charge >= 0.3 is 0 Å². The maximum absolute atomic E-state index is 13.6. The van der Waals surface area contributed by atoms with Crippen LogP contribution in [0.1, 0.15) is 36.5 Å². The molecule has 1 atom stereocenters. The molecule has 1 unspecified atom stereocenters. The van der Waals surface area contributed by atoms with Gasteiger partial charge in [0.25, 0.3) is 5.91 Å². The molecule has 0 aliphatic carbocycles. The van der Waals surface area contributed by atoms with Gasteiger partial charge in [-0.2, -0.15) is 0 Å². The number of amides is 2. The number of carbonyl (C=O) groups is 2. The van der Waals surface area contributed by atoms with E-state index in [4.69, 9.17) is 9.47 Å². The second-order valence-electron chi connectivity index (χ2n) is 8.76. The largest absolute Gasteiger partial charge is 0.497 e. The molecule has 0 saturated heterocycles. The lowest BCUT2D eigenvalue weighted by molar-refractivity contribution is -0.142. The molecular formula is C30H36N2O4. The van der Waals surface area contributed by atoms with E-state index in [1.54, 1.807) is 36.3 Å². The number of hydrogen-bond donors (Lipinski definition) is 1. The van der Waals surface area contributed by atoms with E-state index in [1.807, 2.05) is 61.5 Å². The third-order valence-electron chi connectivity index (χ3n) is 6.12. The van der Waals surface area contributed by atoms with Gasteiger partial charge in [0.1, 0.15) is 17.5 Å². The van der Waals surface area contributed by atoms with Crippen LogP contribution >= 0.6 is 0 Å². The predicted octanol–water partition coefficient (Wildman–Crippen LogP) is 4.94. The van der Waals surface area contributed by atoms with Crippen LogP contribution in [0.2, 0.25) is 0 Å². The highest BCUT2D eigenvalue weighted by Gasteiger charge is 2.30. The normalized spacial score (nSPS) is 11.4. The van der Waals surface area contributed by atoms with Crippen molar-refractivity contribution < 1.29 is 19.1 Å². The molecule has 190 valence electrons. The fourth-order valence-corrected chi connectivity index (χ4v) is 3.93. The first-order valence-corrected chi connectivity index (χ1v) is 12.4. The molecule has 0 spiro atoms. The van der Waals surface area contributed by atoms with Gasteiger partial charge < -0.3 is 19.7 Å². The summed E-state index contributed by atoms with van der Waals surface area (Å²) < 4.78 is 11.0. The quantitative estimate of drug-likeness (QED) is 0.346. The first-order chi connectivity index (χ1) is 17.5. The molecule has 3 rings (SSSR count). The van der Waals surface area contributed by atoms with Crippen molar-refractivity contribution >= 4 is 11.8 Å². The predicted molar refractivity (Wildman–Crippen MR) is 142 cm³/mol. The number of carbonyl (C=O) groups excluding carboxylic acids is 2. The van der Waals surface area contributed by atoms with Gasteiger partial charge in [0, 0.05) is 19.5 Å². The Kier molecular flexibility index (Phi) is 10.4. The van der Waals surface area contributed by atoms with Gasteiger partial charge in [0.05, 0.1) is 7.11 Å². The zero-order valence-electron chi connectivity index (χ0n) is 21.4. The Morgan fingerprint density at radius 3 is 2.25 bits per heavy atom. The van der Waals surface area contributed by atoms with E-state index in [2.05, 4.69) is 12.2 Å². The van der Waals surface area contributed by atoms with Gasteiger partial charge in [0.15, 0.2) is 6.61 Å². The SMILES string of the molecule is CCCCNC(=O)C(Cc1ccccc1)N(Cc1ccccc1C)C(=O)COc1ccc(OC)cc1. The summed E-state index contributed by atoms with van der Waals surface area (Å²) in [6, 6.07) is 24.1. The summed E-state index contributed by atoms with van der Waals surface area (Å²) in [4.78, 5) is 28.7. The molecule has 6 nitrogen and oxygen atoms in total. The zero-order chi connectivity index (χ0) is 25.8. The van der Waals surface area contributed by atoms with Crippen molar-refractivity contribution in [3.05, 3.63) is 95.6 Å². The van der Waals surface area contributed by atoms with Crippen LogP contribution in [0.3, 0.4) is 0 Å². The van der Waals surface area contributed by atoms with E-state index in [-0.39, 0.29) is 18.4 Å². The standard InChI is InChI=1S/C30H36N2O4/c1-4-5-19-31-30(34)28(20-24-12-7-6-8-13-24)32(21-25-14-10-9-11-23(25)2)29(33)22-36-27-17-15-26(35-3)16-18-27/h6-18,28H,4-5,19-22H2,1-3H3,(H,31,34). The second-order valence-corrected chi connectivity index (χ2v) is 8.76. The molecule has 6 heteroatoms. The van der Waals surface area contributed by atoms with Crippen LogP contribution in [0.5, 0.6) is 11.5 Å². The van der Waals surface area contributed by atoms with Crippen molar-refractivity contribution in [2.75, 3.05) is 20.3 Å². The van der Waals surface area contributed by atoms with Crippen LogP contribution < -0.4 is 14.8 Å². The molecule has 36 heavy (non-hydrogen) atoms. The minimum absolute atomic E-state index is 0.154. The van der Waals surface area contributed by atoms with E-state index >= 15 is 0 Å². The van der Waals surface area contributed by atoms with Crippen LogP contribution in [-0.2, 0) is 22.6 Å². The first kappa shape index (κ1) is 26.8. The molecular weight excluding hydrogens is 452 g/mol. The van der Waals surface area contributed by atoms with Crippen molar-refractivity contribution in [1.82, 2.24) is 10.2 Å². The lowest BCUT2D eigenvalue weighted by Crippen LogP contribution is -2.52. The van der Waals surface area contributed by atoms with Gasteiger partial charge in [-0.25, -0.2) is 0 Å². The molecule has 3 aromatic rings. The Bertz CT molecular complexity index is 1100. The number of rotatable bonds is 13. The Morgan fingerprint density at radius 1 is 0.917 bits per heavy atom. The smallest absolute Gasteiger partial charge is 0.261 e. The molecule has 0 radical (unpaired) electrons. The lowest BCUT2D eigenvalue weighted by atomic mass is 10.0. The van der Waals surface area contributed by atoms with Crippen LogP contribution in [0.4, 0.5) is 0 Å². The van der Waals surface area contributed by atoms with Crippen molar-refractivity contribution in [2.45, 2.75) is 45.7 Å². The van der Waals surface area contributed by atoms with Gasteiger partial charge in [0.2, 0.25) is 5.91 Å². The van der Waals surface area contributed by atoms with Crippen LogP contribution in [0, 0.1) is 6.92 Å². The third-order valence-corrected chi connectivity index (χ3v) is 6.12. The Balaban J connectivity index is 1.87.